The molecule has 0 fully saturated rings. The van der Waals surface area contributed by atoms with Gasteiger partial charge in [0.2, 0.25) is 0 Å². The molecule has 0 saturated heterocycles. The average Bonchev–Trinajstić information content (AvgIpc) is 2.92. The van der Waals surface area contributed by atoms with Crippen LogP contribution in [-0.4, -0.2) is 35.2 Å². The molecule has 0 spiro atoms. The van der Waals surface area contributed by atoms with Crippen molar-refractivity contribution >= 4 is 17.5 Å². The minimum atomic E-state index is -0.363. The summed E-state index contributed by atoms with van der Waals surface area (Å²) in [5.41, 5.74) is 1.05. The maximum Gasteiger partial charge on any atom is 0.271 e. The van der Waals surface area contributed by atoms with Crippen LogP contribution in [-0.2, 0) is 7.05 Å². The van der Waals surface area contributed by atoms with Crippen LogP contribution in [0.25, 0.3) is 0 Å². The molecule has 24 heavy (non-hydrogen) atoms. The minimum Gasteiger partial charge on any atom is -0.496 e. The Kier molecular flexibility index (Phi) is 5.57. The molecule has 0 saturated carbocycles. The fraction of sp³-hybridized carbons (Fsp3) is 0.353. The van der Waals surface area contributed by atoms with Gasteiger partial charge in [-0.25, -0.2) is 0 Å². The number of nitrogens with zero attached hydrogens (tertiary/aromatic N) is 2. The van der Waals surface area contributed by atoms with Gasteiger partial charge in [-0.2, -0.15) is 5.10 Å². The van der Waals surface area contributed by atoms with Crippen molar-refractivity contribution in [1.29, 1.82) is 0 Å². The van der Waals surface area contributed by atoms with Gasteiger partial charge in [0.05, 0.1) is 24.6 Å². The predicted molar refractivity (Wildman–Crippen MR) is 91.3 cm³/mol. The summed E-state index contributed by atoms with van der Waals surface area (Å²) in [6.07, 6.45) is 1.46. The first kappa shape index (κ1) is 17.5. The standard InChI is InChI=1S/C17H22N4O3/c1-11(2)9-18-17(23)15-13(10-19-21(15)3)20-16(22)12-7-5-6-8-14(12)24-4/h5-8,10-11H,9H2,1-4H3,(H,18,23)(H,20,22). The highest BCUT2D eigenvalue weighted by molar-refractivity contribution is 6.09. The van der Waals surface area contributed by atoms with E-state index in [0.29, 0.717) is 35.2 Å². The average molecular weight is 330 g/mol. The molecule has 2 N–H and O–H groups in total. The SMILES string of the molecule is COc1ccccc1C(=O)Nc1cnn(C)c1C(=O)NCC(C)C. The van der Waals surface area contributed by atoms with Crippen LogP contribution in [0.4, 0.5) is 5.69 Å². The summed E-state index contributed by atoms with van der Waals surface area (Å²) >= 11 is 0. The van der Waals surface area contributed by atoms with Crippen molar-refractivity contribution in [2.24, 2.45) is 13.0 Å². The molecule has 128 valence electrons. The highest BCUT2D eigenvalue weighted by Gasteiger charge is 2.20. The van der Waals surface area contributed by atoms with Crippen molar-refractivity contribution in [2.45, 2.75) is 13.8 Å². The van der Waals surface area contributed by atoms with Crippen molar-refractivity contribution < 1.29 is 14.3 Å². The number of aromatic nitrogens is 2. The van der Waals surface area contributed by atoms with E-state index in [2.05, 4.69) is 15.7 Å². The number of carbonyl (C=O) groups excluding carboxylic acids is 2. The number of carbonyl (C=O) groups is 2. The van der Waals surface area contributed by atoms with Crippen molar-refractivity contribution in [1.82, 2.24) is 15.1 Å². The molecule has 1 aromatic carbocycles. The van der Waals surface area contributed by atoms with Gasteiger partial charge in [-0.15, -0.1) is 0 Å². The van der Waals surface area contributed by atoms with E-state index >= 15 is 0 Å². The second-order valence-electron chi connectivity index (χ2n) is 5.79. The van der Waals surface area contributed by atoms with Gasteiger partial charge in [-0.3, -0.25) is 14.3 Å². The lowest BCUT2D eigenvalue weighted by atomic mass is 10.2. The van der Waals surface area contributed by atoms with Crippen LogP contribution in [0, 0.1) is 5.92 Å². The Morgan fingerprint density at radius 1 is 1.25 bits per heavy atom. The predicted octanol–water partition coefficient (Wildman–Crippen LogP) is 2.07. The first-order chi connectivity index (χ1) is 11.4. The van der Waals surface area contributed by atoms with Gasteiger partial charge in [0.1, 0.15) is 11.4 Å². The molecule has 1 heterocycles. The lowest BCUT2D eigenvalue weighted by Gasteiger charge is -2.11. The van der Waals surface area contributed by atoms with Crippen molar-refractivity contribution in [3.8, 4) is 5.75 Å². The molecule has 7 nitrogen and oxygen atoms in total. The van der Waals surface area contributed by atoms with Crippen LogP contribution in [0.5, 0.6) is 5.75 Å². The van der Waals surface area contributed by atoms with Crippen LogP contribution < -0.4 is 15.4 Å². The lowest BCUT2D eigenvalue weighted by Crippen LogP contribution is -2.30. The molecule has 1 aromatic heterocycles. The third kappa shape index (κ3) is 3.92. The molecule has 0 aliphatic carbocycles. The van der Waals surface area contributed by atoms with Gasteiger partial charge in [0.25, 0.3) is 11.8 Å². The van der Waals surface area contributed by atoms with Crippen LogP contribution in [0.2, 0.25) is 0 Å². The van der Waals surface area contributed by atoms with Crippen LogP contribution in [0.1, 0.15) is 34.7 Å². The summed E-state index contributed by atoms with van der Waals surface area (Å²) < 4.78 is 6.63. The van der Waals surface area contributed by atoms with E-state index in [-0.39, 0.29) is 11.8 Å². The number of hydrogen-bond acceptors (Lipinski definition) is 4. The van der Waals surface area contributed by atoms with E-state index in [4.69, 9.17) is 4.74 Å². The Balaban J connectivity index is 2.21. The molecule has 2 amide bonds. The van der Waals surface area contributed by atoms with Gasteiger partial charge >= 0.3 is 0 Å². The van der Waals surface area contributed by atoms with Crippen LogP contribution in [0.15, 0.2) is 30.5 Å². The second kappa shape index (κ2) is 7.63. The third-order valence-corrected chi connectivity index (χ3v) is 3.42. The number of amides is 2. The number of ether oxygens (including phenoxy) is 1. The highest BCUT2D eigenvalue weighted by Crippen LogP contribution is 2.21. The summed E-state index contributed by atoms with van der Waals surface area (Å²) in [6.45, 7) is 4.56. The monoisotopic (exact) mass is 330 g/mol. The molecular formula is C17H22N4O3. The maximum absolute atomic E-state index is 12.5. The second-order valence-corrected chi connectivity index (χ2v) is 5.79. The van der Waals surface area contributed by atoms with Gasteiger partial charge in [0.15, 0.2) is 0 Å². The first-order valence-corrected chi connectivity index (χ1v) is 7.68. The Bertz CT molecular complexity index is 737. The number of methoxy groups -OCH3 is 1. The first-order valence-electron chi connectivity index (χ1n) is 7.68. The van der Waals surface area contributed by atoms with Crippen LogP contribution >= 0.6 is 0 Å². The number of hydrogen-bond donors (Lipinski definition) is 2. The molecular weight excluding hydrogens is 308 g/mol. The third-order valence-electron chi connectivity index (χ3n) is 3.42. The van der Waals surface area contributed by atoms with Gasteiger partial charge < -0.3 is 15.4 Å². The van der Waals surface area contributed by atoms with Crippen molar-refractivity contribution in [2.75, 3.05) is 19.0 Å². The molecule has 0 aliphatic heterocycles. The number of rotatable bonds is 6. The molecule has 0 unspecified atom stereocenters. The number of anilines is 1. The van der Waals surface area contributed by atoms with E-state index in [1.165, 1.54) is 18.0 Å². The lowest BCUT2D eigenvalue weighted by molar-refractivity contribution is 0.0940. The normalized spacial score (nSPS) is 10.5. The quantitative estimate of drug-likeness (QED) is 0.849. The fourth-order valence-corrected chi connectivity index (χ4v) is 2.20. The van der Waals surface area contributed by atoms with Crippen molar-refractivity contribution in [3.63, 3.8) is 0 Å². The van der Waals surface area contributed by atoms with E-state index in [1.807, 2.05) is 13.8 Å². The topological polar surface area (TPSA) is 85.2 Å². The molecule has 2 aromatic rings. The Hall–Kier alpha value is -2.83. The zero-order chi connectivity index (χ0) is 17.7. The minimum absolute atomic E-state index is 0.279. The molecule has 7 heteroatoms. The van der Waals surface area contributed by atoms with E-state index in [1.54, 1.807) is 31.3 Å². The van der Waals surface area contributed by atoms with Crippen molar-refractivity contribution in [3.05, 3.63) is 41.7 Å². The summed E-state index contributed by atoms with van der Waals surface area (Å²) in [6, 6.07) is 6.89. The smallest absolute Gasteiger partial charge is 0.271 e. The van der Waals surface area contributed by atoms with E-state index in [0.717, 1.165) is 0 Å². The zero-order valence-corrected chi connectivity index (χ0v) is 14.3. The zero-order valence-electron chi connectivity index (χ0n) is 14.3. The summed E-state index contributed by atoms with van der Waals surface area (Å²) in [5, 5.41) is 9.62. The fourth-order valence-electron chi connectivity index (χ4n) is 2.20. The molecule has 0 radical (unpaired) electrons. The number of para-hydroxylation sites is 1. The molecule has 0 atom stereocenters. The Labute approximate surface area is 141 Å². The van der Waals surface area contributed by atoms with E-state index < -0.39 is 0 Å². The Morgan fingerprint density at radius 2 is 1.96 bits per heavy atom. The highest BCUT2D eigenvalue weighted by atomic mass is 16.5. The van der Waals surface area contributed by atoms with E-state index in [9.17, 15) is 9.59 Å². The van der Waals surface area contributed by atoms with Gasteiger partial charge in [-0.05, 0) is 18.1 Å². The number of aryl methyl sites for hydroxylation is 1. The maximum atomic E-state index is 12.5. The summed E-state index contributed by atoms with van der Waals surface area (Å²) in [7, 11) is 3.16. The number of benzene rings is 1. The molecule has 0 aliphatic rings. The Morgan fingerprint density at radius 3 is 2.62 bits per heavy atom. The van der Waals surface area contributed by atoms with Gasteiger partial charge in [-0.1, -0.05) is 26.0 Å². The molecule has 0 bridgehead atoms. The van der Waals surface area contributed by atoms with Crippen LogP contribution in [0.3, 0.4) is 0 Å². The number of nitrogens with one attached hydrogen (secondary N) is 2. The summed E-state index contributed by atoms with van der Waals surface area (Å²) in [4.78, 5) is 24.8. The van der Waals surface area contributed by atoms with Gasteiger partial charge in [0, 0.05) is 13.6 Å². The largest absolute Gasteiger partial charge is 0.496 e. The summed E-state index contributed by atoms with van der Waals surface area (Å²) in [5.74, 6) is 0.149. The molecule has 2 rings (SSSR count).